The minimum absolute atomic E-state index is 0.0911. The number of aryl methyl sites for hydroxylation is 1. The molecule has 6 heteroatoms. The summed E-state index contributed by atoms with van der Waals surface area (Å²) in [6.45, 7) is 3.13. The predicted octanol–water partition coefficient (Wildman–Crippen LogP) is 1.95. The first-order valence-corrected chi connectivity index (χ1v) is 9.45. The fourth-order valence-electron chi connectivity index (χ4n) is 3.89. The summed E-state index contributed by atoms with van der Waals surface area (Å²) in [6.07, 6.45) is 4.75. The van der Waals surface area contributed by atoms with Gasteiger partial charge in [0.25, 0.3) is 5.91 Å². The second-order valence-corrected chi connectivity index (χ2v) is 7.07. The molecule has 2 fully saturated rings. The van der Waals surface area contributed by atoms with E-state index < -0.39 is 0 Å². The zero-order chi connectivity index (χ0) is 17.9. The number of para-hydroxylation sites is 1. The summed E-state index contributed by atoms with van der Waals surface area (Å²) in [5.74, 6) is 0.257. The maximum absolute atomic E-state index is 12.5. The third kappa shape index (κ3) is 3.46. The number of H-pyrrole nitrogens is 1. The van der Waals surface area contributed by atoms with Gasteiger partial charge in [0.05, 0.1) is 0 Å². The topological polar surface area (TPSA) is 65.6 Å². The Morgan fingerprint density at radius 2 is 1.88 bits per heavy atom. The Hall–Kier alpha value is -2.34. The van der Waals surface area contributed by atoms with Crippen LogP contribution in [0.15, 0.2) is 30.5 Å². The van der Waals surface area contributed by atoms with Crippen LogP contribution in [0.25, 0.3) is 10.9 Å². The molecule has 2 aliphatic rings. The molecule has 2 aliphatic heterocycles. The first-order chi connectivity index (χ1) is 12.7. The molecule has 3 heterocycles. The summed E-state index contributed by atoms with van der Waals surface area (Å²) in [5, 5.41) is 1.19. The van der Waals surface area contributed by atoms with E-state index in [2.05, 4.69) is 11.1 Å². The summed E-state index contributed by atoms with van der Waals surface area (Å²) in [7, 11) is 0. The average Bonchev–Trinajstić information content (AvgIpc) is 3.36. The third-order valence-electron chi connectivity index (χ3n) is 5.43. The Morgan fingerprint density at radius 1 is 1.12 bits per heavy atom. The Kier molecular flexibility index (Phi) is 4.93. The molecule has 0 radical (unpaired) electrons. The smallest absolute Gasteiger partial charge is 0.251 e. The average molecular weight is 355 g/mol. The number of ether oxygens (including phenoxy) is 1. The molecule has 1 unspecified atom stereocenters. The van der Waals surface area contributed by atoms with Crippen LogP contribution in [0.1, 0.15) is 24.8 Å². The van der Waals surface area contributed by atoms with Gasteiger partial charge >= 0.3 is 0 Å². The number of hydrogen-bond acceptors (Lipinski definition) is 3. The summed E-state index contributed by atoms with van der Waals surface area (Å²) < 4.78 is 5.48. The van der Waals surface area contributed by atoms with Crippen molar-refractivity contribution in [3.8, 4) is 0 Å². The van der Waals surface area contributed by atoms with Gasteiger partial charge in [-0.15, -0.1) is 0 Å². The van der Waals surface area contributed by atoms with E-state index in [4.69, 9.17) is 4.74 Å². The normalized spacial score (nSPS) is 20.7. The van der Waals surface area contributed by atoms with Gasteiger partial charge in [0.15, 0.2) is 0 Å². The highest BCUT2D eigenvalue weighted by molar-refractivity contribution is 5.84. The van der Waals surface area contributed by atoms with Crippen LogP contribution in [0.4, 0.5) is 0 Å². The summed E-state index contributed by atoms with van der Waals surface area (Å²) in [5.41, 5.74) is 2.29. The van der Waals surface area contributed by atoms with Crippen LogP contribution in [0.2, 0.25) is 0 Å². The standard InChI is InChI=1S/C20H25N3O3/c24-19(8-7-15-14-21-17-5-2-1-4-16(15)17)22-9-11-23(12-10-22)20(25)18-6-3-13-26-18/h1-2,4-5,14,18,21H,3,6-13H2. The molecule has 26 heavy (non-hydrogen) atoms. The first kappa shape index (κ1) is 17.1. The molecule has 138 valence electrons. The maximum Gasteiger partial charge on any atom is 0.251 e. The third-order valence-corrected chi connectivity index (χ3v) is 5.43. The zero-order valence-corrected chi connectivity index (χ0v) is 14.9. The number of piperazine rings is 1. The second kappa shape index (κ2) is 7.50. The van der Waals surface area contributed by atoms with Crippen LogP contribution in [0.3, 0.4) is 0 Å². The van der Waals surface area contributed by atoms with Crippen molar-refractivity contribution in [2.45, 2.75) is 31.8 Å². The predicted molar refractivity (Wildman–Crippen MR) is 98.8 cm³/mol. The van der Waals surface area contributed by atoms with Gasteiger partial charge < -0.3 is 19.5 Å². The molecule has 1 atom stereocenters. The van der Waals surface area contributed by atoms with Crippen LogP contribution >= 0.6 is 0 Å². The van der Waals surface area contributed by atoms with E-state index in [1.165, 1.54) is 10.9 Å². The molecule has 6 nitrogen and oxygen atoms in total. The molecule has 4 rings (SSSR count). The Bertz CT molecular complexity index is 786. The monoisotopic (exact) mass is 355 g/mol. The number of aromatic amines is 1. The van der Waals surface area contributed by atoms with E-state index in [1.54, 1.807) is 0 Å². The van der Waals surface area contributed by atoms with Crippen molar-refractivity contribution in [2.75, 3.05) is 32.8 Å². The van der Waals surface area contributed by atoms with E-state index in [0.717, 1.165) is 24.8 Å². The van der Waals surface area contributed by atoms with E-state index in [-0.39, 0.29) is 17.9 Å². The van der Waals surface area contributed by atoms with Crippen LogP contribution < -0.4 is 0 Å². The SMILES string of the molecule is O=C(CCc1c[nH]c2ccccc12)N1CCN(C(=O)C2CCCO2)CC1. The number of carbonyl (C=O) groups is 2. The lowest BCUT2D eigenvalue weighted by Gasteiger charge is -2.35. The van der Waals surface area contributed by atoms with Gasteiger partial charge in [0.1, 0.15) is 6.10 Å². The fourth-order valence-corrected chi connectivity index (χ4v) is 3.89. The second-order valence-electron chi connectivity index (χ2n) is 7.07. The molecule has 1 aromatic heterocycles. The minimum Gasteiger partial charge on any atom is -0.368 e. The van der Waals surface area contributed by atoms with Gasteiger partial charge in [0, 0.05) is 56.3 Å². The van der Waals surface area contributed by atoms with Crippen LogP contribution in [-0.2, 0) is 20.7 Å². The molecule has 0 saturated carbocycles. The highest BCUT2D eigenvalue weighted by atomic mass is 16.5. The van der Waals surface area contributed by atoms with Crippen LogP contribution in [0, 0.1) is 0 Å². The van der Waals surface area contributed by atoms with E-state index in [1.807, 2.05) is 34.2 Å². The Balaban J connectivity index is 1.27. The number of hydrogen-bond donors (Lipinski definition) is 1. The van der Waals surface area contributed by atoms with E-state index in [0.29, 0.717) is 39.2 Å². The summed E-state index contributed by atoms with van der Waals surface area (Å²) in [4.78, 5) is 31.9. The fraction of sp³-hybridized carbons (Fsp3) is 0.500. The van der Waals surface area contributed by atoms with Crippen molar-refractivity contribution < 1.29 is 14.3 Å². The van der Waals surface area contributed by atoms with Crippen molar-refractivity contribution >= 4 is 22.7 Å². The quantitative estimate of drug-likeness (QED) is 0.912. The number of nitrogens with one attached hydrogen (secondary N) is 1. The lowest BCUT2D eigenvalue weighted by Crippen LogP contribution is -2.52. The van der Waals surface area contributed by atoms with Crippen LogP contribution in [-0.4, -0.2) is 65.5 Å². The van der Waals surface area contributed by atoms with Crippen molar-refractivity contribution in [2.24, 2.45) is 0 Å². The van der Waals surface area contributed by atoms with Crippen molar-refractivity contribution in [1.82, 2.24) is 14.8 Å². The number of benzene rings is 1. The number of nitrogens with zero attached hydrogens (tertiary/aromatic N) is 2. The van der Waals surface area contributed by atoms with Gasteiger partial charge in [-0.3, -0.25) is 9.59 Å². The molecule has 0 aliphatic carbocycles. The van der Waals surface area contributed by atoms with Gasteiger partial charge in [-0.2, -0.15) is 0 Å². The molecule has 0 bridgehead atoms. The number of aromatic nitrogens is 1. The number of amides is 2. The van der Waals surface area contributed by atoms with Crippen molar-refractivity contribution in [1.29, 1.82) is 0 Å². The number of carbonyl (C=O) groups excluding carboxylic acids is 2. The van der Waals surface area contributed by atoms with Gasteiger partial charge in [-0.1, -0.05) is 18.2 Å². The lowest BCUT2D eigenvalue weighted by molar-refractivity contribution is -0.146. The molecule has 0 spiro atoms. The maximum atomic E-state index is 12.5. The lowest BCUT2D eigenvalue weighted by atomic mass is 10.1. The molecule has 1 aromatic carbocycles. The molecule has 2 saturated heterocycles. The molecule has 2 aromatic rings. The number of fused-ring (bicyclic) bond motifs is 1. The first-order valence-electron chi connectivity index (χ1n) is 9.45. The zero-order valence-electron chi connectivity index (χ0n) is 14.9. The molecule has 1 N–H and O–H groups in total. The Labute approximate surface area is 153 Å². The number of rotatable bonds is 4. The van der Waals surface area contributed by atoms with E-state index in [9.17, 15) is 9.59 Å². The summed E-state index contributed by atoms with van der Waals surface area (Å²) >= 11 is 0. The minimum atomic E-state index is -0.265. The van der Waals surface area contributed by atoms with Gasteiger partial charge in [-0.05, 0) is 30.9 Å². The highest BCUT2D eigenvalue weighted by Crippen LogP contribution is 2.20. The van der Waals surface area contributed by atoms with Crippen LogP contribution in [0.5, 0.6) is 0 Å². The van der Waals surface area contributed by atoms with Gasteiger partial charge in [0.2, 0.25) is 5.91 Å². The molecular formula is C20H25N3O3. The summed E-state index contributed by atoms with van der Waals surface area (Å²) in [6, 6.07) is 8.16. The highest BCUT2D eigenvalue weighted by Gasteiger charge is 2.31. The van der Waals surface area contributed by atoms with Crippen molar-refractivity contribution in [3.63, 3.8) is 0 Å². The van der Waals surface area contributed by atoms with Gasteiger partial charge in [-0.25, -0.2) is 0 Å². The van der Waals surface area contributed by atoms with Crippen molar-refractivity contribution in [3.05, 3.63) is 36.0 Å². The largest absolute Gasteiger partial charge is 0.368 e. The molecule has 2 amide bonds. The molecular weight excluding hydrogens is 330 g/mol. The Morgan fingerprint density at radius 3 is 2.65 bits per heavy atom. The van der Waals surface area contributed by atoms with E-state index >= 15 is 0 Å².